The van der Waals surface area contributed by atoms with E-state index in [1.54, 1.807) is 0 Å². The fourth-order valence-corrected chi connectivity index (χ4v) is 1.79. The molecule has 0 aliphatic carbocycles. The summed E-state index contributed by atoms with van der Waals surface area (Å²) in [6.45, 7) is 2.13. The van der Waals surface area contributed by atoms with Crippen LogP contribution >= 0.6 is 0 Å². The molecule has 5 nitrogen and oxygen atoms in total. The summed E-state index contributed by atoms with van der Waals surface area (Å²) in [4.78, 5) is 27.5. The van der Waals surface area contributed by atoms with E-state index in [4.69, 9.17) is 4.84 Å². The lowest BCUT2D eigenvalue weighted by Gasteiger charge is -2.18. The van der Waals surface area contributed by atoms with Crippen molar-refractivity contribution in [2.75, 3.05) is 0 Å². The molecule has 0 saturated carbocycles. The Kier molecular flexibility index (Phi) is 5.97. The number of nitrogens with zero attached hydrogens (tertiary/aromatic N) is 1. The Bertz CT molecular complexity index is 267. The Morgan fingerprint density at radius 2 is 2.12 bits per heavy atom. The third-order valence-corrected chi connectivity index (χ3v) is 2.82. The van der Waals surface area contributed by atoms with Crippen LogP contribution in [0.4, 0.5) is 0 Å². The van der Waals surface area contributed by atoms with Crippen LogP contribution in [-0.2, 0) is 14.4 Å². The highest BCUT2D eigenvalue weighted by atomic mass is 16.7. The molecular weight excluding hydrogens is 222 g/mol. The molecule has 1 aliphatic heterocycles. The lowest BCUT2D eigenvalue weighted by atomic mass is 10.1. The minimum Gasteiger partial charge on any atom is -0.370 e. The number of amides is 1. The third-order valence-electron chi connectivity index (χ3n) is 2.82. The second kappa shape index (κ2) is 7.27. The van der Waals surface area contributed by atoms with E-state index in [0.717, 1.165) is 24.3 Å². The van der Waals surface area contributed by atoms with Crippen LogP contribution in [0.25, 0.3) is 0 Å². The van der Waals surface area contributed by atoms with Gasteiger partial charge in [-0.2, -0.15) is 0 Å². The van der Waals surface area contributed by atoms with Crippen LogP contribution in [0.15, 0.2) is 0 Å². The molecule has 0 spiro atoms. The first-order valence-electron chi connectivity index (χ1n) is 6.36. The molecule has 1 amide bonds. The van der Waals surface area contributed by atoms with Crippen molar-refractivity contribution in [3.05, 3.63) is 0 Å². The molecule has 1 atom stereocenters. The number of carbonyl (C=O) groups excluding carboxylic acids is 2. The normalized spacial score (nSPS) is 19.8. The summed E-state index contributed by atoms with van der Waals surface area (Å²) >= 11 is 0. The van der Waals surface area contributed by atoms with E-state index in [1.165, 1.54) is 12.8 Å². The van der Waals surface area contributed by atoms with Crippen LogP contribution < -0.4 is 0 Å². The summed E-state index contributed by atoms with van der Waals surface area (Å²) in [5.41, 5.74) is 0. The van der Waals surface area contributed by atoms with E-state index >= 15 is 0 Å². The molecule has 1 aliphatic rings. The fourth-order valence-electron chi connectivity index (χ4n) is 1.79. The Morgan fingerprint density at radius 1 is 1.41 bits per heavy atom. The van der Waals surface area contributed by atoms with Gasteiger partial charge in [0.05, 0.1) is 0 Å². The Labute approximate surface area is 102 Å². The van der Waals surface area contributed by atoms with Crippen LogP contribution in [0, 0.1) is 0 Å². The van der Waals surface area contributed by atoms with Crippen molar-refractivity contribution < 1.29 is 19.5 Å². The first kappa shape index (κ1) is 14.0. The van der Waals surface area contributed by atoms with Crippen LogP contribution in [-0.4, -0.2) is 28.3 Å². The molecule has 98 valence electrons. The molecule has 5 heteroatoms. The monoisotopic (exact) mass is 243 g/mol. The summed E-state index contributed by atoms with van der Waals surface area (Å²) in [7, 11) is 0. The van der Waals surface area contributed by atoms with E-state index in [2.05, 4.69) is 6.92 Å². The summed E-state index contributed by atoms with van der Waals surface area (Å²) in [6.07, 6.45) is 5.16. The number of aliphatic hydroxyl groups excluding tert-OH is 1. The standard InChI is InChI=1S/C12H21NO4/c1-2-3-4-5-6-7-12(16)17-13-10(14)8-9-11(13)15/h10,14H,2-9H2,1H3. The van der Waals surface area contributed by atoms with Gasteiger partial charge in [0.1, 0.15) is 0 Å². The molecule has 1 unspecified atom stereocenters. The van der Waals surface area contributed by atoms with E-state index in [-0.39, 0.29) is 12.3 Å². The van der Waals surface area contributed by atoms with Crippen molar-refractivity contribution in [2.45, 2.75) is 64.5 Å². The quantitative estimate of drug-likeness (QED) is 0.692. The molecule has 1 N–H and O–H groups in total. The van der Waals surface area contributed by atoms with E-state index in [9.17, 15) is 14.7 Å². The van der Waals surface area contributed by atoms with Gasteiger partial charge in [-0.15, -0.1) is 5.06 Å². The Hall–Kier alpha value is -1.10. The molecule has 1 rings (SSSR count). The Morgan fingerprint density at radius 3 is 2.71 bits per heavy atom. The maximum Gasteiger partial charge on any atom is 0.332 e. The second-order valence-corrected chi connectivity index (χ2v) is 4.37. The van der Waals surface area contributed by atoms with E-state index in [0.29, 0.717) is 12.8 Å². The fraction of sp³-hybridized carbons (Fsp3) is 0.833. The van der Waals surface area contributed by atoms with Gasteiger partial charge < -0.3 is 9.94 Å². The predicted octanol–water partition coefficient (Wildman–Crippen LogP) is 1.75. The summed E-state index contributed by atoms with van der Waals surface area (Å²) < 4.78 is 0. The number of rotatable bonds is 7. The highest BCUT2D eigenvalue weighted by molar-refractivity contribution is 5.79. The summed E-state index contributed by atoms with van der Waals surface area (Å²) in [5, 5.41) is 10.2. The van der Waals surface area contributed by atoms with Crippen molar-refractivity contribution in [2.24, 2.45) is 0 Å². The topological polar surface area (TPSA) is 66.8 Å². The number of aliphatic hydroxyl groups is 1. The molecule has 0 radical (unpaired) electrons. The molecule has 17 heavy (non-hydrogen) atoms. The maximum atomic E-state index is 11.4. The molecule has 0 aromatic heterocycles. The number of hydroxylamine groups is 2. The number of unbranched alkanes of at least 4 members (excludes halogenated alkanes) is 4. The zero-order valence-corrected chi connectivity index (χ0v) is 10.4. The van der Waals surface area contributed by atoms with Gasteiger partial charge in [-0.1, -0.05) is 32.6 Å². The third kappa shape index (κ3) is 4.73. The highest BCUT2D eigenvalue weighted by Gasteiger charge is 2.32. The minimum absolute atomic E-state index is 0.241. The molecular formula is C12H21NO4. The van der Waals surface area contributed by atoms with E-state index < -0.39 is 12.2 Å². The smallest absolute Gasteiger partial charge is 0.332 e. The van der Waals surface area contributed by atoms with Crippen LogP contribution in [0.5, 0.6) is 0 Å². The average molecular weight is 243 g/mol. The van der Waals surface area contributed by atoms with Gasteiger partial charge in [0.2, 0.25) is 0 Å². The molecule has 1 saturated heterocycles. The van der Waals surface area contributed by atoms with Gasteiger partial charge in [-0.05, 0) is 6.42 Å². The lowest BCUT2D eigenvalue weighted by Crippen LogP contribution is -2.35. The average Bonchev–Trinajstić information content (AvgIpc) is 2.60. The van der Waals surface area contributed by atoms with Crippen molar-refractivity contribution in [3.8, 4) is 0 Å². The van der Waals surface area contributed by atoms with Gasteiger partial charge in [0.25, 0.3) is 5.91 Å². The predicted molar refractivity (Wildman–Crippen MR) is 61.6 cm³/mol. The molecule has 0 bridgehead atoms. The molecule has 0 aromatic carbocycles. The number of hydrogen-bond acceptors (Lipinski definition) is 4. The molecule has 0 aromatic rings. The SMILES string of the molecule is CCCCCCCC(=O)ON1C(=O)CCC1O. The largest absolute Gasteiger partial charge is 0.370 e. The van der Waals surface area contributed by atoms with Crippen LogP contribution in [0.3, 0.4) is 0 Å². The maximum absolute atomic E-state index is 11.4. The lowest BCUT2D eigenvalue weighted by molar-refractivity contribution is -0.220. The minimum atomic E-state index is -0.966. The highest BCUT2D eigenvalue weighted by Crippen LogP contribution is 2.17. The van der Waals surface area contributed by atoms with Gasteiger partial charge in [-0.3, -0.25) is 4.79 Å². The summed E-state index contributed by atoms with van der Waals surface area (Å²) in [5.74, 6) is -0.757. The van der Waals surface area contributed by atoms with Gasteiger partial charge >= 0.3 is 5.97 Å². The zero-order valence-electron chi connectivity index (χ0n) is 10.4. The zero-order chi connectivity index (χ0) is 12.7. The Balaban J connectivity index is 2.14. The second-order valence-electron chi connectivity index (χ2n) is 4.37. The molecule has 1 fully saturated rings. The van der Waals surface area contributed by atoms with Crippen molar-refractivity contribution in [3.63, 3.8) is 0 Å². The van der Waals surface area contributed by atoms with Crippen LogP contribution in [0.2, 0.25) is 0 Å². The summed E-state index contributed by atoms with van der Waals surface area (Å²) in [6, 6.07) is 0. The van der Waals surface area contributed by atoms with Crippen molar-refractivity contribution >= 4 is 11.9 Å². The number of hydrogen-bond donors (Lipinski definition) is 1. The molecule has 1 heterocycles. The van der Waals surface area contributed by atoms with Crippen LogP contribution in [0.1, 0.15) is 58.3 Å². The number of carbonyl (C=O) groups is 2. The van der Waals surface area contributed by atoms with Gasteiger partial charge in [0.15, 0.2) is 6.23 Å². The van der Waals surface area contributed by atoms with E-state index in [1.807, 2.05) is 0 Å². The van der Waals surface area contributed by atoms with Gasteiger partial charge in [0, 0.05) is 19.3 Å². The first-order chi connectivity index (χ1) is 8.15. The van der Waals surface area contributed by atoms with Gasteiger partial charge in [-0.25, -0.2) is 4.79 Å². The van der Waals surface area contributed by atoms with Crippen molar-refractivity contribution in [1.29, 1.82) is 0 Å². The van der Waals surface area contributed by atoms with Crippen molar-refractivity contribution in [1.82, 2.24) is 5.06 Å². The first-order valence-corrected chi connectivity index (χ1v) is 6.36.